The Bertz CT molecular complexity index is 2650. The highest BCUT2D eigenvalue weighted by Gasteiger charge is 2.45. The second-order valence-electron chi connectivity index (χ2n) is 16.8. The van der Waals surface area contributed by atoms with E-state index in [0.717, 1.165) is 36.2 Å². The van der Waals surface area contributed by atoms with E-state index in [1.165, 1.54) is 61.5 Å². The minimum atomic E-state index is -0.207. The second-order valence-corrected chi connectivity index (χ2v) is 16.8. The van der Waals surface area contributed by atoms with E-state index in [2.05, 4.69) is 146 Å². The van der Waals surface area contributed by atoms with Crippen molar-refractivity contribution in [2.45, 2.75) is 63.5 Å². The lowest BCUT2D eigenvalue weighted by atomic mass is 9.80. The Morgan fingerprint density at radius 2 is 1.52 bits per heavy atom. The minimum Gasteiger partial charge on any atom is -0.334 e. The van der Waals surface area contributed by atoms with E-state index in [0.29, 0.717) is 5.56 Å². The molecule has 6 aliphatic rings. The summed E-state index contributed by atoms with van der Waals surface area (Å²) in [7, 11) is 0. The maximum Gasteiger partial charge on any atom is 0.133 e. The fraction of sp³-hybridized carbons (Fsp3) is 0.208. The molecule has 1 heterocycles. The van der Waals surface area contributed by atoms with E-state index in [4.69, 9.17) is 0 Å². The topological polar surface area (TPSA) is 6.48 Å². The third-order valence-corrected chi connectivity index (χ3v) is 13.5. The molecule has 1 aliphatic heterocycles. The molecule has 0 radical (unpaired) electrons. The summed E-state index contributed by atoms with van der Waals surface area (Å²) in [5.41, 5.74) is 18.1. The van der Waals surface area contributed by atoms with E-state index >= 15 is 4.39 Å². The van der Waals surface area contributed by atoms with E-state index in [-0.39, 0.29) is 35.2 Å². The number of halogens is 1. The Hall–Kier alpha value is -5.93. The minimum absolute atomic E-state index is 0.0383. The maximum atomic E-state index is 16.7. The van der Waals surface area contributed by atoms with E-state index in [9.17, 15) is 0 Å². The van der Waals surface area contributed by atoms with Crippen LogP contribution in [0.3, 0.4) is 0 Å². The smallest absolute Gasteiger partial charge is 0.133 e. The van der Waals surface area contributed by atoms with Gasteiger partial charge in [-0.3, -0.25) is 0 Å². The van der Waals surface area contributed by atoms with Gasteiger partial charge in [-0.05, 0) is 106 Å². The molecule has 4 atom stereocenters. The van der Waals surface area contributed by atoms with Gasteiger partial charge in [0.05, 0.1) is 17.8 Å². The molecule has 0 aromatic heterocycles. The Kier molecular flexibility index (Phi) is 7.48. The highest BCUT2D eigenvalue weighted by molar-refractivity contribution is 6.00. The van der Waals surface area contributed by atoms with Gasteiger partial charge in [0.25, 0.3) is 0 Å². The van der Waals surface area contributed by atoms with Crippen LogP contribution in [-0.4, -0.2) is 17.0 Å². The molecule has 0 spiro atoms. The zero-order valence-corrected chi connectivity index (χ0v) is 32.2. The van der Waals surface area contributed by atoms with E-state index in [1.807, 2.05) is 36.4 Å². The molecule has 5 aromatic carbocycles. The molecule has 0 saturated carbocycles. The lowest BCUT2D eigenvalue weighted by molar-refractivity contribution is 0.378. The lowest BCUT2D eigenvalue weighted by Gasteiger charge is -2.38. The molecule has 3 unspecified atom stereocenters. The molecule has 5 aliphatic carbocycles. The highest BCUT2D eigenvalue weighted by Crippen LogP contribution is 2.61. The number of allylic oxidation sites excluding steroid dienone is 6. The van der Waals surface area contributed by atoms with Crippen LogP contribution >= 0.6 is 0 Å². The average molecular weight is 729 g/mol. The molecule has 11 rings (SSSR count). The number of nitrogens with zero attached hydrogens (tertiary/aromatic N) is 2. The lowest BCUT2D eigenvalue weighted by Crippen LogP contribution is -2.33. The summed E-state index contributed by atoms with van der Waals surface area (Å²) in [6, 6.07) is 36.5. The first-order valence-corrected chi connectivity index (χ1v) is 20.4. The van der Waals surface area contributed by atoms with Crippen LogP contribution < -0.4 is 4.90 Å². The fourth-order valence-corrected chi connectivity index (χ4v) is 10.9. The number of fused-ring (bicyclic) bond motifs is 9. The van der Waals surface area contributed by atoms with Gasteiger partial charge in [-0.1, -0.05) is 142 Å². The number of rotatable bonds is 5. The summed E-state index contributed by atoms with van der Waals surface area (Å²) < 4.78 is 16.7. The predicted octanol–water partition coefficient (Wildman–Crippen LogP) is 13.3. The second kappa shape index (κ2) is 12.5. The van der Waals surface area contributed by atoms with Crippen LogP contribution in [0.1, 0.15) is 68.2 Å². The first-order chi connectivity index (χ1) is 27.4. The van der Waals surface area contributed by atoms with Gasteiger partial charge < -0.3 is 9.80 Å². The van der Waals surface area contributed by atoms with Crippen LogP contribution in [0, 0.1) is 11.7 Å². The van der Waals surface area contributed by atoms with Crippen molar-refractivity contribution in [1.29, 1.82) is 0 Å². The van der Waals surface area contributed by atoms with Gasteiger partial charge in [-0.25, -0.2) is 4.39 Å². The van der Waals surface area contributed by atoms with Crippen molar-refractivity contribution in [3.63, 3.8) is 0 Å². The zero-order chi connectivity index (χ0) is 37.7. The molecule has 3 heteroatoms. The summed E-state index contributed by atoms with van der Waals surface area (Å²) in [5, 5.41) is 0. The van der Waals surface area contributed by atoms with Gasteiger partial charge in [0, 0.05) is 45.5 Å². The third-order valence-electron chi connectivity index (χ3n) is 13.5. The number of anilines is 2. The van der Waals surface area contributed by atoms with Crippen LogP contribution in [0.4, 0.5) is 15.8 Å². The Morgan fingerprint density at radius 3 is 2.34 bits per heavy atom. The van der Waals surface area contributed by atoms with Gasteiger partial charge in [-0.2, -0.15) is 0 Å². The molecule has 0 fully saturated rings. The summed E-state index contributed by atoms with van der Waals surface area (Å²) in [5.74, 6) is 0.283. The van der Waals surface area contributed by atoms with Crippen LogP contribution in [-0.2, 0) is 5.41 Å². The summed E-state index contributed by atoms with van der Waals surface area (Å²) >= 11 is 0. The Labute approximate surface area is 330 Å². The van der Waals surface area contributed by atoms with Gasteiger partial charge in [0.15, 0.2) is 0 Å². The van der Waals surface area contributed by atoms with Crippen LogP contribution in [0.5, 0.6) is 0 Å². The molecule has 2 nitrogen and oxygen atoms in total. The average Bonchev–Trinajstić information content (AvgIpc) is 3.81. The highest BCUT2D eigenvalue weighted by atomic mass is 19.1. The normalized spacial score (nSPS) is 23.0. The number of hydrogen-bond acceptors (Lipinski definition) is 2. The van der Waals surface area contributed by atoms with Crippen molar-refractivity contribution in [2.75, 3.05) is 4.90 Å². The van der Waals surface area contributed by atoms with Crippen molar-refractivity contribution in [3.8, 4) is 33.4 Å². The van der Waals surface area contributed by atoms with Gasteiger partial charge in [0.2, 0.25) is 0 Å². The van der Waals surface area contributed by atoms with Gasteiger partial charge >= 0.3 is 0 Å². The third kappa shape index (κ3) is 4.79. The first-order valence-electron chi connectivity index (χ1n) is 20.4. The van der Waals surface area contributed by atoms with Crippen molar-refractivity contribution in [3.05, 3.63) is 203 Å². The summed E-state index contributed by atoms with van der Waals surface area (Å²) in [6.45, 7) is 7.13. The largest absolute Gasteiger partial charge is 0.334 e. The Morgan fingerprint density at radius 1 is 0.732 bits per heavy atom. The Balaban J connectivity index is 1.14. The standard InChI is InChI=1S/C53H45FN2/c1-33-38-20-10-11-22-41(38)52-49(32-45-51(50(33)52)42-23-12-14-24-44(42)53(45,2)3)55(37-26-28-39(46(54)31-37)34-16-6-4-7-17-34)36-27-29-48-43(30-36)40-21-13-15-25-47(40)56(48)35-18-8-5-9-19-35/h4,6-8,10-29,31-33,36,40,47H,5,9,30H2,1-3H3/t33-,36?,40?,47?/m0/s1. The predicted molar refractivity (Wildman–Crippen MR) is 229 cm³/mol. The fourth-order valence-electron chi connectivity index (χ4n) is 10.9. The van der Waals surface area contributed by atoms with E-state index < -0.39 is 0 Å². The molecule has 0 N–H and O–H groups in total. The van der Waals surface area contributed by atoms with Gasteiger partial charge in [-0.15, -0.1) is 0 Å². The first kappa shape index (κ1) is 33.4. The van der Waals surface area contributed by atoms with Crippen molar-refractivity contribution in [1.82, 2.24) is 4.90 Å². The number of hydrogen-bond donors (Lipinski definition) is 0. The van der Waals surface area contributed by atoms with Crippen molar-refractivity contribution in [2.24, 2.45) is 5.92 Å². The monoisotopic (exact) mass is 728 g/mol. The maximum absolute atomic E-state index is 16.7. The number of benzene rings is 5. The molecule has 56 heavy (non-hydrogen) atoms. The molecule has 5 aromatic rings. The molecule has 0 bridgehead atoms. The van der Waals surface area contributed by atoms with Crippen LogP contribution in [0.2, 0.25) is 0 Å². The summed E-state index contributed by atoms with van der Waals surface area (Å²) in [6.07, 6.45) is 24.0. The van der Waals surface area contributed by atoms with Gasteiger partial charge in [0.1, 0.15) is 5.82 Å². The van der Waals surface area contributed by atoms with Crippen LogP contribution in [0.15, 0.2) is 175 Å². The zero-order valence-electron chi connectivity index (χ0n) is 32.2. The molecular weight excluding hydrogens is 684 g/mol. The molecule has 0 amide bonds. The summed E-state index contributed by atoms with van der Waals surface area (Å²) in [4.78, 5) is 5.05. The van der Waals surface area contributed by atoms with E-state index in [1.54, 1.807) is 6.07 Å². The molecule has 274 valence electrons. The molecular formula is C53H45FN2. The molecule has 0 saturated heterocycles. The SMILES string of the molecule is C[C@H]1c2ccccc2-c2c(N(c3ccc(-c4ccccc4)c(F)c3)C3C=CC4=C(C3)C3C=CC=CC3N4C3=CCCC=C3)cc3c(c21)-c1ccccc1C3(C)C. The quantitative estimate of drug-likeness (QED) is 0.178. The van der Waals surface area contributed by atoms with Crippen molar-refractivity contribution < 1.29 is 4.39 Å². The van der Waals surface area contributed by atoms with Crippen molar-refractivity contribution >= 4 is 11.4 Å². The van der Waals surface area contributed by atoms with Crippen LogP contribution in [0.25, 0.3) is 33.4 Å².